The van der Waals surface area contributed by atoms with E-state index in [0.29, 0.717) is 12.1 Å². The maximum atomic E-state index is 12.6. The molecule has 0 atom stereocenters. The minimum atomic E-state index is -4.54. The van der Waals surface area contributed by atoms with Crippen molar-refractivity contribution in [1.82, 2.24) is 9.62 Å². The van der Waals surface area contributed by atoms with E-state index in [1.54, 1.807) is 27.7 Å². The molecule has 1 rings (SSSR count). The van der Waals surface area contributed by atoms with Crippen LogP contribution in [0.5, 0.6) is 0 Å². The topological polar surface area (TPSA) is 66.5 Å². The maximum absolute atomic E-state index is 12.6. The normalized spacial score (nSPS) is 13.2. The van der Waals surface area contributed by atoms with E-state index < -0.39 is 39.8 Å². The molecule has 0 heterocycles. The third-order valence-corrected chi connectivity index (χ3v) is 4.94. The van der Waals surface area contributed by atoms with Crippen LogP contribution in [0.3, 0.4) is 0 Å². The van der Waals surface area contributed by atoms with Crippen LogP contribution < -0.4 is 5.32 Å². The van der Waals surface area contributed by atoms with Crippen molar-refractivity contribution in [1.29, 1.82) is 0 Å². The first-order valence-electron chi connectivity index (χ1n) is 7.26. The number of carbonyl (C=O) groups excluding carboxylic acids is 1. The fourth-order valence-corrected chi connectivity index (χ4v) is 3.35. The minimum absolute atomic E-state index is 0.0148. The Morgan fingerprint density at radius 3 is 2.00 bits per heavy atom. The van der Waals surface area contributed by atoms with E-state index >= 15 is 0 Å². The molecule has 0 unspecified atom stereocenters. The summed E-state index contributed by atoms with van der Waals surface area (Å²) >= 11 is 0. The summed E-state index contributed by atoms with van der Waals surface area (Å²) in [5.41, 5.74) is -1.45. The second-order valence-electron chi connectivity index (χ2n) is 6.25. The van der Waals surface area contributed by atoms with Gasteiger partial charge in [-0.1, -0.05) is 6.92 Å². The van der Waals surface area contributed by atoms with Crippen molar-refractivity contribution in [2.24, 2.45) is 0 Å². The fourth-order valence-electron chi connectivity index (χ4n) is 1.95. The van der Waals surface area contributed by atoms with E-state index in [4.69, 9.17) is 0 Å². The maximum Gasteiger partial charge on any atom is 0.416 e. The van der Waals surface area contributed by atoms with E-state index in [9.17, 15) is 26.4 Å². The quantitative estimate of drug-likeness (QED) is 0.871. The molecule has 24 heavy (non-hydrogen) atoms. The van der Waals surface area contributed by atoms with Crippen molar-refractivity contribution in [3.05, 3.63) is 29.8 Å². The van der Waals surface area contributed by atoms with Crippen LogP contribution in [0, 0.1) is 0 Å². The Kier molecular flexibility index (Phi) is 6.05. The van der Waals surface area contributed by atoms with Gasteiger partial charge < -0.3 is 5.32 Å². The monoisotopic (exact) mass is 366 g/mol. The molecule has 0 aliphatic heterocycles. The van der Waals surface area contributed by atoms with Crippen molar-refractivity contribution in [2.75, 3.05) is 13.1 Å². The number of likely N-dealkylation sites (N-methyl/N-ethyl adjacent to an activating group) is 1. The third kappa shape index (κ3) is 5.48. The summed E-state index contributed by atoms with van der Waals surface area (Å²) in [5, 5.41) is 2.64. The minimum Gasteiger partial charge on any atom is -0.350 e. The zero-order valence-electron chi connectivity index (χ0n) is 13.9. The van der Waals surface area contributed by atoms with Crippen molar-refractivity contribution in [3.8, 4) is 0 Å². The average molecular weight is 366 g/mol. The first-order valence-corrected chi connectivity index (χ1v) is 8.70. The van der Waals surface area contributed by atoms with Crippen molar-refractivity contribution >= 4 is 15.9 Å². The van der Waals surface area contributed by atoms with Gasteiger partial charge in [0.2, 0.25) is 15.9 Å². The largest absolute Gasteiger partial charge is 0.416 e. The second kappa shape index (κ2) is 7.10. The lowest BCUT2D eigenvalue weighted by atomic mass is 10.1. The van der Waals surface area contributed by atoms with E-state index in [1.165, 1.54) is 0 Å². The van der Waals surface area contributed by atoms with Gasteiger partial charge in [0.15, 0.2) is 0 Å². The van der Waals surface area contributed by atoms with Crippen LogP contribution in [0.15, 0.2) is 29.2 Å². The van der Waals surface area contributed by atoms with Crippen LogP contribution in [-0.2, 0) is 21.0 Å². The Morgan fingerprint density at radius 1 is 1.12 bits per heavy atom. The highest BCUT2D eigenvalue weighted by Crippen LogP contribution is 2.30. The number of benzene rings is 1. The van der Waals surface area contributed by atoms with Gasteiger partial charge in [-0.15, -0.1) is 0 Å². The molecule has 1 aromatic rings. The molecular formula is C15H21F3N2O3S. The molecule has 0 spiro atoms. The molecule has 136 valence electrons. The molecule has 0 radical (unpaired) electrons. The van der Waals surface area contributed by atoms with E-state index in [2.05, 4.69) is 5.32 Å². The molecule has 1 amide bonds. The molecule has 5 nitrogen and oxygen atoms in total. The molecule has 9 heteroatoms. The zero-order valence-corrected chi connectivity index (χ0v) is 14.8. The van der Waals surface area contributed by atoms with Gasteiger partial charge in [0.05, 0.1) is 17.0 Å². The number of sulfonamides is 1. The molecule has 1 aromatic carbocycles. The van der Waals surface area contributed by atoms with Gasteiger partial charge in [-0.25, -0.2) is 8.42 Å². The second-order valence-corrected chi connectivity index (χ2v) is 8.19. The number of halogens is 3. The lowest BCUT2D eigenvalue weighted by Crippen LogP contribution is -2.47. The third-order valence-electron chi connectivity index (χ3n) is 3.01. The highest BCUT2D eigenvalue weighted by molar-refractivity contribution is 7.89. The van der Waals surface area contributed by atoms with Gasteiger partial charge in [0, 0.05) is 12.1 Å². The van der Waals surface area contributed by atoms with Gasteiger partial charge in [-0.3, -0.25) is 4.79 Å². The lowest BCUT2D eigenvalue weighted by molar-refractivity contribution is -0.137. The van der Waals surface area contributed by atoms with Crippen molar-refractivity contribution in [2.45, 2.75) is 44.3 Å². The molecule has 0 aliphatic carbocycles. The summed E-state index contributed by atoms with van der Waals surface area (Å²) in [6.07, 6.45) is -4.54. The first-order chi connectivity index (χ1) is 10.8. The van der Waals surface area contributed by atoms with Crippen LogP contribution in [0.1, 0.15) is 33.3 Å². The van der Waals surface area contributed by atoms with E-state index in [0.717, 1.165) is 16.4 Å². The molecule has 0 fully saturated rings. The number of alkyl halides is 3. The molecule has 1 N–H and O–H groups in total. The number of hydrogen-bond donors (Lipinski definition) is 1. The van der Waals surface area contributed by atoms with Crippen LogP contribution in [0.4, 0.5) is 13.2 Å². The predicted octanol–water partition coefficient (Wildman–Crippen LogP) is 2.63. The van der Waals surface area contributed by atoms with Crippen LogP contribution in [0.25, 0.3) is 0 Å². The van der Waals surface area contributed by atoms with Gasteiger partial charge in [-0.05, 0) is 45.0 Å². The molecule has 0 saturated heterocycles. The van der Waals surface area contributed by atoms with Crippen LogP contribution in [-0.4, -0.2) is 37.3 Å². The van der Waals surface area contributed by atoms with Crippen molar-refractivity contribution < 1.29 is 26.4 Å². The Labute approximate surface area is 139 Å². The highest BCUT2D eigenvalue weighted by atomic mass is 32.2. The Hall–Kier alpha value is -1.61. The number of rotatable bonds is 5. The number of nitrogens with one attached hydrogen (secondary N) is 1. The Balaban J connectivity index is 3.01. The Bertz CT molecular complexity index is 677. The van der Waals surface area contributed by atoms with Crippen LogP contribution >= 0.6 is 0 Å². The van der Waals surface area contributed by atoms with Gasteiger partial charge in [0.1, 0.15) is 0 Å². The summed E-state index contributed by atoms with van der Waals surface area (Å²) in [6, 6.07) is 3.19. The van der Waals surface area contributed by atoms with Gasteiger partial charge in [-0.2, -0.15) is 17.5 Å². The predicted molar refractivity (Wildman–Crippen MR) is 83.8 cm³/mol. The Morgan fingerprint density at radius 2 is 1.62 bits per heavy atom. The zero-order chi connectivity index (χ0) is 18.8. The number of nitrogens with zero attached hydrogens (tertiary/aromatic N) is 1. The average Bonchev–Trinajstić information content (AvgIpc) is 2.42. The standard InChI is InChI=1S/C15H21F3N2O3S/c1-5-20(10-13(21)19-14(2,3)4)24(22,23)12-8-6-11(7-9-12)15(16,17)18/h6-9H,5,10H2,1-4H3,(H,19,21). The molecule has 0 aromatic heterocycles. The van der Waals surface area contributed by atoms with Crippen molar-refractivity contribution in [3.63, 3.8) is 0 Å². The molecule has 0 bridgehead atoms. The van der Waals surface area contributed by atoms with E-state index in [1.807, 2.05) is 0 Å². The number of carbonyl (C=O) groups is 1. The van der Waals surface area contributed by atoms with Crippen LogP contribution in [0.2, 0.25) is 0 Å². The molecular weight excluding hydrogens is 345 g/mol. The summed E-state index contributed by atoms with van der Waals surface area (Å²) in [5.74, 6) is -0.486. The summed E-state index contributed by atoms with van der Waals surface area (Å²) in [4.78, 5) is 11.6. The summed E-state index contributed by atoms with van der Waals surface area (Å²) in [6.45, 7) is 6.42. The fraction of sp³-hybridized carbons (Fsp3) is 0.533. The van der Waals surface area contributed by atoms with Gasteiger partial charge >= 0.3 is 6.18 Å². The smallest absolute Gasteiger partial charge is 0.350 e. The summed E-state index contributed by atoms with van der Waals surface area (Å²) < 4.78 is 63.6. The van der Waals surface area contributed by atoms with E-state index in [-0.39, 0.29) is 11.4 Å². The summed E-state index contributed by atoms with van der Waals surface area (Å²) in [7, 11) is -4.06. The molecule has 0 saturated carbocycles. The first kappa shape index (κ1) is 20.4. The van der Waals surface area contributed by atoms with Gasteiger partial charge in [0.25, 0.3) is 0 Å². The highest BCUT2D eigenvalue weighted by Gasteiger charge is 2.32. The number of amides is 1. The lowest BCUT2D eigenvalue weighted by Gasteiger charge is -2.24. The number of hydrogen-bond acceptors (Lipinski definition) is 3. The molecule has 0 aliphatic rings. The SMILES string of the molecule is CCN(CC(=O)NC(C)(C)C)S(=O)(=O)c1ccc(C(F)(F)F)cc1.